The number of nitrogens with zero attached hydrogens (tertiary/aromatic N) is 2. The molecule has 0 saturated heterocycles. The Kier molecular flexibility index (Phi) is 4.88. The van der Waals surface area contributed by atoms with Gasteiger partial charge >= 0.3 is 15.2 Å². The number of aromatic nitrogens is 1. The zero-order valence-corrected chi connectivity index (χ0v) is 12.5. The first-order valence-electron chi connectivity index (χ1n) is 4.97. The van der Waals surface area contributed by atoms with Crippen molar-refractivity contribution in [1.29, 1.82) is 0 Å². The van der Waals surface area contributed by atoms with Crippen molar-refractivity contribution in [2.24, 2.45) is 3.77 Å². The van der Waals surface area contributed by atoms with E-state index < -0.39 is 24.9 Å². The first-order chi connectivity index (χ1) is 8.73. The number of carbonyl (C=O) groups excluding carboxylic acids is 1. The fourth-order valence-corrected chi connectivity index (χ4v) is 4.95. The van der Waals surface area contributed by atoms with Gasteiger partial charge in [0, 0.05) is 22.6 Å². The molecule has 10 heteroatoms. The molecule has 0 saturated carbocycles. The number of hydrogen-bond acceptors (Lipinski definition) is 6. The number of methoxy groups -OCH3 is 1. The maximum Gasteiger partial charge on any atom is 0.347 e. The molecule has 0 unspecified atom stereocenters. The average molecular weight is 327 g/mol. The molecule has 0 amide bonds. The molecule has 1 heterocycles. The van der Waals surface area contributed by atoms with Gasteiger partial charge < -0.3 is 4.74 Å². The third-order valence-electron chi connectivity index (χ3n) is 2.08. The predicted octanol–water partition coefficient (Wildman–Crippen LogP) is 1.20. The first-order valence-corrected chi connectivity index (χ1v) is 8.92. The van der Waals surface area contributed by atoms with Gasteiger partial charge in [-0.2, -0.15) is 8.42 Å². The molecule has 0 aliphatic rings. The van der Waals surface area contributed by atoms with E-state index in [1.54, 1.807) is 0 Å². The van der Waals surface area contributed by atoms with Gasteiger partial charge in [0.25, 0.3) is 0 Å². The third kappa shape index (κ3) is 3.88. The number of rotatable bonds is 4. The standard InChI is InChI=1S/C9H11ClN2O5S2/c1-3-18(14,12-19(10,15)16)8-7(9(13)17-2)5-4-6-11-8/h4-6H,3H2,1-2H3/t18-/m0/s1. The van der Waals surface area contributed by atoms with Crippen molar-refractivity contribution in [2.75, 3.05) is 12.9 Å². The summed E-state index contributed by atoms with van der Waals surface area (Å²) in [4.78, 5) is 15.3. The number of pyridine rings is 1. The van der Waals surface area contributed by atoms with Crippen LogP contribution < -0.4 is 0 Å². The topological polar surface area (TPSA) is 103 Å². The molecule has 7 nitrogen and oxygen atoms in total. The quantitative estimate of drug-likeness (QED) is 0.608. The lowest BCUT2D eigenvalue weighted by molar-refractivity contribution is 0.0595. The minimum absolute atomic E-state index is 0.110. The smallest absolute Gasteiger partial charge is 0.347 e. The Balaban J connectivity index is 3.66. The Morgan fingerprint density at radius 3 is 2.58 bits per heavy atom. The largest absolute Gasteiger partial charge is 0.465 e. The Morgan fingerprint density at radius 2 is 2.11 bits per heavy atom. The highest BCUT2D eigenvalue weighted by Gasteiger charge is 2.24. The van der Waals surface area contributed by atoms with E-state index in [1.807, 2.05) is 0 Å². The summed E-state index contributed by atoms with van der Waals surface area (Å²) in [5.74, 6) is -0.952. The second kappa shape index (κ2) is 5.85. The van der Waals surface area contributed by atoms with Gasteiger partial charge in [-0.05, 0) is 12.1 Å². The van der Waals surface area contributed by atoms with E-state index in [9.17, 15) is 17.4 Å². The molecule has 19 heavy (non-hydrogen) atoms. The summed E-state index contributed by atoms with van der Waals surface area (Å²) >= 11 is 0. The predicted molar refractivity (Wildman–Crippen MR) is 69.7 cm³/mol. The molecule has 0 fully saturated rings. The van der Waals surface area contributed by atoms with Crippen molar-refractivity contribution >= 4 is 35.6 Å². The monoisotopic (exact) mass is 326 g/mol. The summed E-state index contributed by atoms with van der Waals surface area (Å²) < 4.78 is 42.1. The normalized spacial score (nSPS) is 14.5. The molecule has 1 aromatic rings. The molecule has 1 aromatic heterocycles. The van der Waals surface area contributed by atoms with Crippen molar-refractivity contribution in [3.05, 3.63) is 23.9 Å². The molecule has 0 aliphatic carbocycles. The van der Waals surface area contributed by atoms with Gasteiger partial charge in [-0.15, -0.1) is 0 Å². The van der Waals surface area contributed by atoms with E-state index in [-0.39, 0.29) is 16.3 Å². The third-order valence-corrected chi connectivity index (χ3v) is 5.97. The molecule has 1 atom stereocenters. The minimum atomic E-state index is -4.36. The second-order valence-electron chi connectivity index (χ2n) is 3.26. The van der Waals surface area contributed by atoms with Crippen molar-refractivity contribution in [3.8, 4) is 0 Å². The summed E-state index contributed by atoms with van der Waals surface area (Å²) in [6.07, 6.45) is 1.27. The fourth-order valence-electron chi connectivity index (χ4n) is 1.28. The fraction of sp³-hybridized carbons (Fsp3) is 0.333. The van der Waals surface area contributed by atoms with Crippen molar-refractivity contribution < 1.29 is 22.2 Å². The van der Waals surface area contributed by atoms with Gasteiger partial charge in [0.15, 0.2) is 5.03 Å². The Hall–Kier alpha value is -1.19. The van der Waals surface area contributed by atoms with Gasteiger partial charge in [-0.25, -0.2) is 14.0 Å². The van der Waals surface area contributed by atoms with E-state index in [4.69, 9.17) is 10.7 Å². The van der Waals surface area contributed by atoms with E-state index >= 15 is 0 Å². The summed E-state index contributed by atoms with van der Waals surface area (Å²) in [5.41, 5.74) is -0.110. The van der Waals surface area contributed by atoms with Gasteiger partial charge in [-0.1, -0.05) is 10.7 Å². The molecule has 0 bridgehead atoms. The van der Waals surface area contributed by atoms with Crippen molar-refractivity contribution in [3.63, 3.8) is 0 Å². The summed E-state index contributed by atoms with van der Waals surface area (Å²) in [5, 5.41) is -0.256. The van der Waals surface area contributed by atoms with E-state index in [0.717, 1.165) is 7.11 Å². The van der Waals surface area contributed by atoms with Gasteiger partial charge in [0.1, 0.15) is 9.73 Å². The van der Waals surface area contributed by atoms with E-state index in [2.05, 4.69) is 13.5 Å². The van der Waals surface area contributed by atoms with Crippen molar-refractivity contribution in [2.45, 2.75) is 11.9 Å². The average Bonchev–Trinajstić information content (AvgIpc) is 2.35. The van der Waals surface area contributed by atoms with Gasteiger partial charge in [0.2, 0.25) is 0 Å². The van der Waals surface area contributed by atoms with Crippen LogP contribution in [0.4, 0.5) is 0 Å². The maximum atomic E-state index is 12.5. The Bertz CT molecular complexity index is 707. The number of hydrogen-bond donors (Lipinski definition) is 0. The van der Waals surface area contributed by atoms with Crippen LogP contribution in [0, 0.1) is 0 Å². The lowest BCUT2D eigenvalue weighted by Gasteiger charge is -2.09. The summed E-state index contributed by atoms with van der Waals surface area (Å²) in [6, 6.07) is 2.75. The highest BCUT2D eigenvalue weighted by Crippen LogP contribution is 2.20. The summed E-state index contributed by atoms with van der Waals surface area (Å²) in [6.45, 7) is 1.45. The zero-order chi connectivity index (χ0) is 14.7. The van der Waals surface area contributed by atoms with Gasteiger partial charge in [-0.3, -0.25) is 0 Å². The molecule has 0 aromatic carbocycles. The molecule has 1 rings (SSSR count). The lowest BCUT2D eigenvalue weighted by atomic mass is 10.3. The molecule has 0 radical (unpaired) electrons. The van der Waals surface area contributed by atoms with Crippen LogP contribution in [0.15, 0.2) is 27.1 Å². The van der Waals surface area contributed by atoms with Crippen LogP contribution in [0.1, 0.15) is 17.3 Å². The van der Waals surface area contributed by atoms with Gasteiger partial charge in [0.05, 0.1) is 12.7 Å². The molecule has 0 spiro atoms. The molecular weight excluding hydrogens is 316 g/mol. The highest BCUT2D eigenvalue weighted by atomic mass is 35.7. The van der Waals surface area contributed by atoms with Crippen LogP contribution in [0.3, 0.4) is 0 Å². The van der Waals surface area contributed by atoms with Crippen molar-refractivity contribution in [1.82, 2.24) is 4.98 Å². The Morgan fingerprint density at radius 1 is 1.47 bits per heavy atom. The number of esters is 1. The minimum Gasteiger partial charge on any atom is -0.465 e. The van der Waals surface area contributed by atoms with E-state index in [0.29, 0.717) is 0 Å². The van der Waals surface area contributed by atoms with Crippen LogP contribution in [-0.4, -0.2) is 36.4 Å². The number of carbonyl (C=O) groups is 1. The van der Waals surface area contributed by atoms with Crippen LogP contribution >= 0.6 is 10.7 Å². The summed E-state index contributed by atoms with van der Waals surface area (Å²) in [7, 11) is -1.68. The van der Waals surface area contributed by atoms with Crippen LogP contribution in [0.2, 0.25) is 0 Å². The number of ether oxygens (including phenoxy) is 1. The van der Waals surface area contributed by atoms with Crippen LogP contribution in [0.5, 0.6) is 0 Å². The maximum absolute atomic E-state index is 12.5. The zero-order valence-electron chi connectivity index (χ0n) is 10.1. The Labute approximate surface area is 115 Å². The molecule has 0 aliphatic heterocycles. The van der Waals surface area contributed by atoms with Crippen LogP contribution in [-0.2, 0) is 23.7 Å². The first kappa shape index (κ1) is 15.9. The molecular formula is C9H11ClN2O5S2. The molecule has 0 N–H and O–H groups in total. The molecule has 106 valence electrons. The number of halogens is 1. The van der Waals surface area contributed by atoms with E-state index in [1.165, 1.54) is 25.3 Å². The highest BCUT2D eigenvalue weighted by molar-refractivity contribution is 8.17. The van der Waals surface area contributed by atoms with Crippen LogP contribution in [0.25, 0.3) is 0 Å². The lowest BCUT2D eigenvalue weighted by Crippen LogP contribution is -2.15. The second-order valence-corrected chi connectivity index (χ2v) is 8.10. The SMILES string of the molecule is CC[S@@](=O)(=NS(=O)(=O)Cl)c1ncccc1C(=O)OC.